The molecule has 0 unspecified atom stereocenters. The number of thioether (sulfide) groups is 1. The van der Waals surface area contributed by atoms with Gasteiger partial charge in [-0.05, 0) is 60.2 Å². The molecule has 1 heterocycles. The number of rotatable bonds is 6. The second-order valence-electron chi connectivity index (χ2n) is 6.04. The molecule has 3 N–H and O–H groups in total. The molecule has 1 saturated heterocycles. The van der Waals surface area contributed by atoms with Crippen LogP contribution in [-0.4, -0.2) is 33.9 Å². The summed E-state index contributed by atoms with van der Waals surface area (Å²) in [5.74, 6) is -0.576. The van der Waals surface area contributed by atoms with Crippen LogP contribution < -0.4 is 10.1 Å². The molecule has 0 radical (unpaired) electrons. The summed E-state index contributed by atoms with van der Waals surface area (Å²) in [7, 11) is 0. The number of benzene rings is 2. The second-order valence-corrected chi connectivity index (χ2v) is 7.07. The van der Waals surface area contributed by atoms with Crippen molar-refractivity contribution in [2.45, 2.75) is 13.3 Å². The molecule has 144 valence electrons. The Labute approximate surface area is 165 Å². The molecule has 2 aromatic carbocycles. The number of amidine groups is 1. The highest BCUT2D eigenvalue weighted by Crippen LogP contribution is 2.32. The zero-order chi connectivity index (χ0) is 20.1. The number of hydrogen-bond donors (Lipinski definition) is 3. The lowest BCUT2D eigenvalue weighted by molar-refractivity contribution is -0.137. The standard InChI is InChI=1S/C20H18N2O5S/c1-12-2-7-16(23)15(10-12)21-20-22-19(26)17(28-20)11-13-3-5-14(6-4-13)27-9-8-18(24)25/h2-7,10-11,23H,8-9H2,1H3,(H,24,25)(H,21,22,26)/b17-11+. The van der Waals surface area contributed by atoms with E-state index < -0.39 is 5.97 Å². The van der Waals surface area contributed by atoms with Gasteiger partial charge in [-0.2, -0.15) is 0 Å². The number of phenols is 1. The van der Waals surface area contributed by atoms with E-state index in [-0.39, 0.29) is 24.7 Å². The lowest BCUT2D eigenvalue weighted by Gasteiger charge is -2.04. The van der Waals surface area contributed by atoms with Crippen molar-refractivity contribution in [1.29, 1.82) is 0 Å². The molecule has 1 aliphatic heterocycles. The summed E-state index contributed by atoms with van der Waals surface area (Å²) < 4.78 is 5.34. The normalized spacial score (nSPS) is 16.4. The Bertz CT molecular complexity index is 967. The van der Waals surface area contributed by atoms with E-state index in [0.29, 0.717) is 21.5 Å². The predicted molar refractivity (Wildman–Crippen MR) is 108 cm³/mol. The molecular formula is C20H18N2O5S. The van der Waals surface area contributed by atoms with Gasteiger partial charge in [-0.3, -0.25) is 9.59 Å². The van der Waals surface area contributed by atoms with Crippen molar-refractivity contribution in [3.05, 3.63) is 58.5 Å². The topological polar surface area (TPSA) is 108 Å². The average Bonchev–Trinajstić information content (AvgIpc) is 2.98. The molecule has 0 aromatic heterocycles. The van der Waals surface area contributed by atoms with Crippen LogP contribution in [0, 0.1) is 6.92 Å². The van der Waals surface area contributed by atoms with Crippen LogP contribution in [0.2, 0.25) is 0 Å². The number of nitrogens with zero attached hydrogens (tertiary/aromatic N) is 1. The van der Waals surface area contributed by atoms with E-state index in [2.05, 4.69) is 10.3 Å². The molecule has 0 bridgehead atoms. The van der Waals surface area contributed by atoms with Gasteiger partial charge >= 0.3 is 5.97 Å². The molecule has 7 nitrogen and oxygen atoms in total. The first-order chi connectivity index (χ1) is 13.4. The number of carbonyl (C=O) groups excluding carboxylic acids is 1. The van der Waals surface area contributed by atoms with Crippen molar-refractivity contribution in [3.63, 3.8) is 0 Å². The molecule has 1 aliphatic rings. The van der Waals surface area contributed by atoms with E-state index in [9.17, 15) is 14.7 Å². The first-order valence-electron chi connectivity index (χ1n) is 8.44. The summed E-state index contributed by atoms with van der Waals surface area (Å²) in [6.45, 7) is 1.99. The summed E-state index contributed by atoms with van der Waals surface area (Å²) >= 11 is 1.19. The molecule has 28 heavy (non-hydrogen) atoms. The maximum Gasteiger partial charge on any atom is 0.306 e. The summed E-state index contributed by atoms with van der Waals surface area (Å²) in [4.78, 5) is 27.5. The number of aliphatic imine (C=N–C) groups is 1. The van der Waals surface area contributed by atoms with Crippen molar-refractivity contribution in [2.24, 2.45) is 4.99 Å². The first kappa shape index (κ1) is 19.5. The number of aromatic hydroxyl groups is 1. The Kier molecular flexibility index (Phi) is 6.00. The molecule has 2 aromatic rings. The molecule has 3 rings (SSSR count). The van der Waals surface area contributed by atoms with E-state index in [0.717, 1.165) is 11.1 Å². The van der Waals surface area contributed by atoms with Gasteiger partial charge in [0.2, 0.25) is 0 Å². The van der Waals surface area contributed by atoms with Gasteiger partial charge in [-0.15, -0.1) is 0 Å². The Morgan fingerprint density at radius 3 is 2.71 bits per heavy atom. The van der Waals surface area contributed by atoms with Crippen LogP contribution in [-0.2, 0) is 9.59 Å². The Morgan fingerprint density at radius 2 is 2.00 bits per heavy atom. The number of amides is 1. The van der Waals surface area contributed by atoms with Gasteiger partial charge in [0.1, 0.15) is 17.2 Å². The lowest BCUT2D eigenvalue weighted by atomic mass is 10.2. The highest BCUT2D eigenvalue weighted by molar-refractivity contribution is 8.18. The molecule has 0 aliphatic carbocycles. The number of aryl methyl sites for hydroxylation is 1. The fourth-order valence-electron chi connectivity index (χ4n) is 2.38. The minimum atomic E-state index is -0.915. The van der Waals surface area contributed by atoms with E-state index in [4.69, 9.17) is 9.84 Å². The monoisotopic (exact) mass is 398 g/mol. The Hall–Kier alpha value is -3.26. The summed E-state index contributed by atoms with van der Waals surface area (Å²) in [6.07, 6.45) is 1.65. The summed E-state index contributed by atoms with van der Waals surface area (Å²) in [6, 6.07) is 12.1. The quantitative estimate of drug-likeness (QED) is 0.643. The van der Waals surface area contributed by atoms with Crippen LogP contribution in [0.4, 0.5) is 5.69 Å². The lowest BCUT2D eigenvalue weighted by Crippen LogP contribution is -2.19. The van der Waals surface area contributed by atoms with Crippen molar-refractivity contribution in [2.75, 3.05) is 6.61 Å². The third-order valence-electron chi connectivity index (χ3n) is 3.77. The number of carbonyl (C=O) groups is 2. The predicted octanol–water partition coefficient (Wildman–Crippen LogP) is 3.45. The van der Waals surface area contributed by atoms with E-state index >= 15 is 0 Å². The number of nitrogens with one attached hydrogen (secondary N) is 1. The molecular weight excluding hydrogens is 380 g/mol. The van der Waals surface area contributed by atoms with Gasteiger partial charge in [-0.1, -0.05) is 18.2 Å². The highest BCUT2D eigenvalue weighted by Gasteiger charge is 2.24. The molecule has 0 spiro atoms. The number of aliphatic carboxylic acids is 1. The first-order valence-corrected chi connectivity index (χ1v) is 9.26. The number of phenolic OH excluding ortho intramolecular Hbond substituents is 1. The Morgan fingerprint density at radius 1 is 1.25 bits per heavy atom. The minimum absolute atomic E-state index is 0.0452. The molecule has 1 fully saturated rings. The molecule has 1 amide bonds. The number of hydrogen-bond acceptors (Lipinski definition) is 6. The maximum atomic E-state index is 12.2. The third kappa shape index (κ3) is 5.14. The van der Waals surface area contributed by atoms with Crippen LogP contribution in [0.5, 0.6) is 11.5 Å². The number of ether oxygens (including phenoxy) is 1. The fraction of sp³-hybridized carbons (Fsp3) is 0.150. The van der Waals surface area contributed by atoms with Crippen LogP contribution >= 0.6 is 11.8 Å². The van der Waals surface area contributed by atoms with E-state index in [1.807, 2.05) is 6.92 Å². The molecule has 0 saturated carbocycles. The van der Waals surface area contributed by atoms with Crippen LogP contribution in [0.15, 0.2) is 52.4 Å². The van der Waals surface area contributed by atoms with Crippen molar-refractivity contribution in [1.82, 2.24) is 5.32 Å². The smallest absolute Gasteiger partial charge is 0.306 e. The van der Waals surface area contributed by atoms with Crippen LogP contribution in [0.25, 0.3) is 6.08 Å². The zero-order valence-electron chi connectivity index (χ0n) is 15.0. The molecule has 8 heteroatoms. The van der Waals surface area contributed by atoms with Crippen LogP contribution in [0.1, 0.15) is 17.5 Å². The third-order valence-corrected chi connectivity index (χ3v) is 4.68. The Balaban J connectivity index is 1.69. The van der Waals surface area contributed by atoms with E-state index in [1.165, 1.54) is 11.8 Å². The summed E-state index contributed by atoms with van der Waals surface area (Å²) in [5, 5.41) is 21.6. The maximum absolute atomic E-state index is 12.2. The van der Waals surface area contributed by atoms with Gasteiger partial charge in [-0.25, -0.2) is 4.99 Å². The highest BCUT2D eigenvalue weighted by atomic mass is 32.2. The SMILES string of the molecule is Cc1ccc(O)c(N=C2NC(=O)/C(=C\c3ccc(OCCC(=O)O)cc3)S2)c1. The number of carboxylic acids is 1. The second kappa shape index (κ2) is 8.62. The number of carboxylic acid groups (broad SMARTS) is 1. The van der Waals surface area contributed by atoms with Crippen LogP contribution in [0.3, 0.4) is 0 Å². The summed E-state index contributed by atoms with van der Waals surface area (Å²) in [5.41, 5.74) is 2.14. The van der Waals surface area contributed by atoms with Gasteiger partial charge in [0.25, 0.3) is 5.91 Å². The fourth-order valence-corrected chi connectivity index (χ4v) is 3.22. The average molecular weight is 398 g/mol. The van der Waals surface area contributed by atoms with E-state index in [1.54, 1.807) is 48.5 Å². The van der Waals surface area contributed by atoms with Gasteiger partial charge in [0, 0.05) is 0 Å². The van der Waals surface area contributed by atoms with Gasteiger partial charge < -0.3 is 20.3 Å². The minimum Gasteiger partial charge on any atom is -0.506 e. The van der Waals surface area contributed by atoms with Crippen molar-refractivity contribution >= 4 is 40.6 Å². The van der Waals surface area contributed by atoms with Gasteiger partial charge in [0.05, 0.1) is 17.9 Å². The van der Waals surface area contributed by atoms with Crippen molar-refractivity contribution < 1.29 is 24.5 Å². The zero-order valence-corrected chi connectivity index (χ0v) is 15.8. The van der Waals surface area contributed by atoms with Gasteiger partial charge in [0.15, 0.2) is 5.17 Å². The van der Waals surface area contributed by atoms with Crippen molar-refractivity contribution in [3.8, 4) is 11.5 Å². The molecule has 0 atom stereocenters. The largest absolute Gasteiger partial charge is 0.506 e.